The lowest BCUT2D eigenvalue weighted by molar-refractivity contribution is 0.103. The molecule has 0 fully saturated rings. The van der Waals surface area contributed by atoms with E-state index in [4.69, 9.17) is 28.0 Å². The molecule has 4 N–H and O–H groups in total. The maximum absolute atomic E-state index is 12.6. The first kappa shape index (κ1) is 16.2. The Morgan fingerprint density at radius 2 is 1.96 bits per heavy atom. The van der Waals surface area contributed by atoms with Crippen molar-refractivity contribution >= 4 is 34.6 Å². The van der Waals surface area contributed by atoms with E-state index in [9.17, 15) is 4.79 Å². The quantitative estimate of drug-likeness (QED) is 0.339. The van der Waals surface area contributed by atoms with Gasteiger partial charge in [-0.05, 0) is 18.2 Å². The van der Waals surface area contributed by atoms with Crippen molar-refractivity contribution in [3.63, 3.8) is 0 Å². The molecule has 2 aromatic carbocycles. The molecule has 0 spiro atoms. The van der Waals surface area contributed by atoms with E-state index < -0.39 is 5.84 Å². The van der Waals surface area contributed by atoms with Gasteiger partial charge in [-0.25, -0.2) is 0 Å². The third kappa shape index (κ3) is 3.93. The van der Waals surface area contributed by atoms with Gasteiger partial charge in [0, 0.05) is 16.1 Å². The lowest BCUT2D eigenvalue weighted by atomic mass is 10.0. The molecule has 0 saturated carbocycles. The first-order valence-corrected chi connectivity index (χ1v) is 6.88. The Morgan fingerprint density at radius 3 is 2.57 bits per heavy atom. The molecule has 0 bridgehead atoms. The normalized spacial score (nSPS) is 10.7. The standard InChI is InChI=1S/C16H12ClN5O/c17-11-6-7-12(15(23)10-4-2-1-3-5-10)13(8-11)21-22-14(9-18)16(19)20/h1-8,21H,(H3,19,20)/b22-14+. The van der Waals surface area contributed by atoms with E-state index in [0.29, 0.717) is 21.8 Å². The summed E-state index contributed by atoms with van der Waals surface area (Å²) in [7, 11) is 0. The van der Waals surface area contributed by atoms with Gasteiger partial charge in [0.05, 0.1) is 5.69 Å². The van der Waals surface area contributed by atoms with Crippen molar-refractivity contribution in [2.45, 2.75) is 0 Å². The number of carbonyl (C=O) groups is 1. The highest BCUT2D eigenvalue weighted by molar-refractivity contribution is 6.45. The Kier molecular flexibility index (Phi) is 5.07. The number of hydrogen-bond acceptors (Lipinski definition) is 5. The Morgan fingerprint density at radius 1 is 1.26 bits per heavy atom. The number of nitrogens with one attached hydrogen (secondary N) is 2. The van der Waals surface area contributed by atoms with Gasteiger partial charge in [0.2, 0.25) is 5.71 Å². The molecule has 0 amide bonds. The van der Waals surface area contributed by atoms with E-state index in [1.165, 1.54) is 6.07 Å². The van der Waals surface area contributed by atoms with Crippen LogP contribution in [-0.4, -0.2) is 17.3 Å². The van der Waals surface area contributed by atoms with Crippen molar-refractivity contribution < 1.29 is 4.79 Å². The van der Waals surface area contributed by atoms with Gasteiger partial charge in [-0.2, -0.15) is 10.4 Å². The van der Waals surface area contributed by atoms with Crippen LogP contribution in [0.3, 0.4) is 0 Å². The van der Waals surface area contributed by atoms with E-state index in [1.807, 2.05) is 6.07 Å². The summed E-state index contributed by atoms with van der Waals surface area (Å²) in [6.45, 7) is 0. The van der Waals surface area contributed by atoms with Gasteiger partial charge in [-0.15, -0.1) is 0 Å². The fourth-order valence-corrected chi connectivity index (χ4v) is 1.99. The van der Waals surface area contributed by atoms with Gasteiger partial charge in [0.15, 0.2) is 11.6 Å². The second kappa shape index (κ2) is 7.20. The minimum absolute atomic E-state index is 0.221. The summed E-state index contributed by atoms with van der Waals surface area (Å²) in [5, 5.41) is 20.2. The molecule has 0 heterocycles. The SMILES string of the molecule is N#C/C(=N\Nc1cc(Cl)ccc1C(=O)c1ccccc1)C(=N)N. The van der Waals surface area contributed by atoms with Crippen LogP contribution in [0.15, 0.2) is 53.6 Å². The van der Waals surface area contributed by atoms with Gasteiger partial charge in [0.25, 0.3) is 0 Å². The second-order valence-corrected chi connectivity index (χ2v) is 4.92. The molecule has 2 aromatic rings. The zero-order valence-electron chi connectivity index (χ0n) is 11.9. The number of benzene rings is 2. The molecule has 0 saturated heterocycles. The predicted octanol–water partition coefficient (Wildman–Crippen LogP) is 2.80. The number of anilines is 1. The number of nitrogens with zero attached hydrogens (tertiary/aromatic N) is 2. The van der Waals surface area contributed by atoms with Crippen molar-refractivity contribution in [1.82, 2.24) is 0 Å². The van der Waals surface area contributed by atoms with E-state index >= 15 is 0 Å². The highest BCUT2D eigenvalue weighted by Crippen LogP contribution is 2.24. The summed E-state index contributed by atoms with van der Waals surface area (Å²) in [4.78, 5) is 12.6. The Hall–Kier alpha value is -3.17. The van der Waals surface area contributed by atoms with Crippen LogP contribution in [0.5, 0.6) is 0 Å². The summed E-state index contributed by atoms with van der Waals surface area (Å²) in [6, 6.07) is 15.1. The fraction of sp³-hybridized carbons (Fsp3) is 0. The molecule has 0 aliphatic heterocycles. The van der Waals surface area contributed by atoms with E-state index in [-0.39, 0.29) is 11.5 Å². The molecule has 7 heteroatoms. The zero-order chi connectivity index (χ0) is 16.8. The summed E-state index contributed by atoms with van der Waals surface area (Å²) in [6.07, 6.45) is 0. The molecule has 114 valence electrons. The van der Waals surface area contributed by atoms with Crippen molar-refractivity contribution in [3.8, 4) is 6.07 Å². The monoisotopic (exact) mass is 325 g/mol. The average molecular weight is 326 g/mol. The highest BCUT2D eigenvalue weighted by Gasteiger charge is 2.14. The van der Waals surface area contributed by atoms with Crippen molar-refractivity contribution in [2.75, 3.05) is 5.43 Å². The van der Waals surface area contributed by atoms with Gasteiger partial charge >= 0.3 is 0 Å². The van der Waals surface area contributed by atoms with Gasteiger partial charge in [0.1, 0.15) is 6.07 Å². The molecular weight excluding hydrogens is 314 g/mol. The minimum Gasteiger partial charge on any atom is -0.382 e. The zero-order valence-corrected chi connectivity index (χ0v) is 12.6. The number of halogens is 1. The van der Waals surface area contributed by atoms with Crippen LogP contribution in [0.2, 0.25) is 5.02 Å². The van der Waals surface area contributed by atoms with E-state index in [2.05, 4.69) is 10.5 Å². The van der Waals surface area contributed by atoms with Crippen LogP contribution in [0, 0.1) is 16.7 Å². The van der Waals surface area contributed by atoms with Crippen LogP contribution in [0.25, 0.3) is 0 Å². The molecule has 0 unspecified atom stereocenters. The lowest BCUT2D eigenvalue weighted by Crippen LogP contribution is -2.22. The van der Waals surface area contributed by atoms with Gasteiger partial charge in [-0.1, -0.05) is 41.9 Å². The van der Waals surface area contributed by atoms with Crippen molar-refractivity contribution in [3.05, 3.63) is 64.7 Å². The smallest absolute Gasteiger partial charge is 0.201 e. The Labute approximate surface area is 137 Å². The molecule has 23 heavy (non-hydrogen) atoms. The lowest BCUT2D eigenvalue weighted by Gasteiger charge is -2.09. The number of hydrazone groups is 1. The molecule has 0 aliphatic carbocycles. The number of nitriles is 1. The summed E-state index contributed by atoms with van der Waals surface area (Å²) in [5.41, 5.74) is 8.68. The summed E-state index contributed by atoms with van der Waals surface area (Å²) in [5.74, 6) is -0.695. The number of nitrogens with two attached hydrogens (primary N) is 1. The number of ketones is 1. The second-order valence-electron chi connectivity index (χ2n) is 4.48. The third-order valence-corrected chi connectivity index (χ3v) is 3.15. The van der Waals surface area contributed by atoms with Gasteiger partial charge < -0.3 is 5.73 Å². The maximum atomic E-state index is 12.6. The maximum Gasteiger partial charge on any atom is 0.201 e. The van der Waals surface area contributed by atoms with E-state index in [0.717, 1.165) is 0 Å². The minimum atomic E-state index is -0.474. The highest BCUT2D eigenvalue weighted by atomic mass is 35.5. The molecule has 0 aromatic heterocycles. The summed E-state index contributed by atoms with van der Waals surface area (Å²) >= 11 is 5.95. The van der Waals surface area contributed by atoms with E-state index in [1.54, 1.807) is 42.5 Å². The molecule has 0 atom stereocenters. The van der Waals surface area contributed by atoms with Gasteiger partial charge in [-0.3, -0.25) is 15.6 Å². The first-order chi connectivity index (χ1) is 11.0. The largest absolute Gasteiger partial charge is 0.382 e. The van der Waals surface area contributed by atoms with Crippen molar-refractivity contribution in [1.29, 1.82) is 10.7 Å². The van der Waals surface area contributed by atoms with Crippen LogP contribution in [0.4, 0.5) is 5.69 Å². The Bertz CT molecular complexity index is 824. The van der Waals surface area contributed by atoms with Crippen LogP contribution in [-0.2, 0) is 0 Å². The fourth-order valence-electron chi connectivity index (χ4n) is 1.81. The number of hydrogen-bond donors (Lipinski definition) is 3. The average Bonchev–Trinajstić information content (AvgIpc) is 2.55. The number of carbonyl (C=O) groups excluding carboxylic acids is 1. The molecule has 2 rings (SSSR count). The molecule has 0 radical (unpaired) electrons. The third-order valence-electron chi connectivity index (χ3n) is 2.91. The molecule has 0 aliphatic rings. The Balaban J connectivity index is 2.41. The van der Waals surface area contributed by atoms with Crippen LogP contribution < -0.4 is 11.2 Å². The molecular formula is C16H12ClN5O. The first-order valence-electron chi connectivity index (χ1n) is 6.50. The summed E-state index contributed by atoms with van der Waals surface area (Å²) < 4.78 is 0. The number of rotatable bonds is 5. The van der Waals surface area contributed by atoms with Crippen LogP contribution in [0.1, 0.15) is 15.9 Å². The predicted molar refractivity (Wildman–Crippen MR) is 89.9 cm³/mol. The van der Waals surface area contributed by atoms with Crippen LogP contribution >= 0.6 is 11.6 Å². The topological polar surface area (TPSA) is 115 Å². The number of amidine groups is 1. The molecule has 6 nitrogen and oxygen atoms in total. The van der Waals surface area contributed by atoms with Crippen molar-refractivity contribution in [2.24, 2.45) is 10.8 Å².